The summed E-state index contributed by atoms with van der Waals surface area (Å²) in [6.45, 7) is 3.90. The number of allylic oxidation sites excluding steroid dienone is 2. The molecule has 0 aromatic rings. The van der Waals surface area contributed by atoms with Gasteiger partial charge in [0.15, 0.2) is 0 Å². The van der Waals surface area contributed by atoms with E-state index in [1.807, 2.05) is 19.9 Å². The van der Waals surface area contributed by atoms with E-state index in [4.69, 9.17) is 23.2 Å². The van der Waals surface area contributed by atoms with Crippen molar-refractivity contribution in [3.05, 3.63) is 11.6 Å². The zero-order valence-corrected chi connectivity index (χ0v) is 6.63. The van der Waals surface area contributed by atoms with Crippen LogP contribution in [0.2, 0.25) is 0 Å². The molecule has 2 heteroatoms. The normalized spacial score (nSPS) is 16.2. The number of halogens is 2. The van der Waals surface area contributed by atoms with Crippen LogP contribution in [0.15, 0.2) is 11.6 Å². The van der Waals surface area contributed by atoms with E-state index in [0.29, 0.717) is 5.88 Å². The molecule has 0 N–H and O–H groups in total. The molecule has 48 valence electrons. The molecule has 0 aliphatic carbocycles. The van der Waals surface area contributed by atoms with Crippen molar-refractivity contribution in [2.24, 2.45) is 0 Å². The number of hydrogen-bond donors (Lipinski definition) is 0. The van der Waals surface area contributed by atoms with Crippen molar-refractivity contribution in [1.29, 1.82) is 0 Å². The lowest BCUT2D eigenvalue weighted by atomic mass is 10.2. The standard InChI is InChI=1S/C6H10Cl2/c1-5(3-4-7)6(2)8/h3,6H,4H2,1-2H3/b5-3-. The van der Waals surface area contributed by atoms with E-state index in [2.05, 4.69) is 0 Å². The fraction of sp³-hybridized carbons (Fsp3) is 0.667. The Labute approximate surface area is 60.5 Å². The highest BCUT2D eigenvalue weighted by Gasteiger charge is 1.94. The van der Waals surface area contributed by atoms with E-state index >= 15 is 0 Å². The van der Waals surface area contributed by atoms with Gasteiger partial charge in [0.1, 0.15) is 0 Å². The molecule has 0 radical (unpaired) electrons. The summed E-state index contributed by atoms with van der Waals surface area (Å²) < 4.78 is 0. The Kier molecular flexibility index (Phi) is 4.39. The number of rotatable bonds is 2. The molecule has 8 heavy (non-hydrogen) atoms. The third kappa shape index (κ3) is 3.34. The highest BCUT2D eigenvalue weighted by atomic mass is 35.5. The Morgan fingerprint density at radius 2 is 2.25 bits per heavy atom. The van der Waals surface area contributed by atoms with E-state index in [1.165, 1.54) is 0 Å². The predicted molar refractivity (Wildman–Crippen MR) is 39.8 cm³/mol. The lowest BCUT2D eigenvalue weighted by Crippen LogP contribution is -1.91. The van der Waals surface area contributed by atoms with Gasteiger partial charge in [-0.15, -0.1) is 23.2 Å². The summed E-state index contributed by atoms with van der Waals surface area (Å²) in [5.41, 5.74) is 1.14. The molecule has 0 aromatic heterocycles. The van der Waals surface area contributed by atoms with Crippen LogP contribution in [0.4, 0.5) is 0 Å². The van der Waals surface area contributed by atoms with Gasteiger partial charge in [0.25, 0.3) is 0 Å². The van der Waals surface area contributed by atoms with Crippen molar-refractivity contribution in [2.45, 2.75) is 19.2 Å². The Morgan fingerprint density at radius 3 is 2.38 bits per heavy atom. The largest absolute Gasteiger partial charge is 0.122 e. The molecule has 0 fully saturated rings. The van der Waals surface area contributed by atoms with Crippen LogP contribution in [-0.2, 0) is 0 Å². The fourth-order valence-electron chi connectivity index (χ4n) is 0.284. The predicted octanol–water partition coefficient (Wildman–Crippen LogP) is 2.80. The van der Waals surface area contributed by atoms with Crippen molar-refractivity contribution < 1.29 is 0 Å². The van der Waals surface area contributed by atoms with Gasteiger partial charge in [-0.1, -0.05) is 11.6 Å². The summed E-state index contributed by atoms with van der Waals surface area (Å²) in [4.78, 5) is 0. The zero-order chi connectivity index (χ0) is 6.57. The van der Waals surface area contributed by atoms with Gasteiger partial charge in [0.05, 0.1) is 5.38 Å². The Bertz CT molecular complexity index is 84.5. The van der Waals surface area contributed by atoms with Crippen molar-refractivity contribution in [3.63, 3.8) is 0 Å². The summed E-state index contributed by atoms with van der Waals surface area (Å²) in [7, 11) is 0. The van der Waals surface area contributed by atoms with Crippen LogP contribution in [0.3, 0.4) is 0 Å². The second kappa shape index (κ2) is 4.22. The van der Waals surface area contributed by atoms with Crippen LogP contribution < -0.4 is 0 Å². The van der Waals surface area contributed by atoms with E-state index in [9.17, 15) is 0 Å². The molecule has 1 atom stereocenters. The summed E-state index contributed by atoms with van der Waals surface area (Å²) in [6, 6.07) is 0. The van der Waals surface area contributed by atoms with E-state index < -0.39 is 0 Å². The molecule has 0 aromatic carbocycles. The second-order valence-electron chi connectivity index (χ2n) is 1.72. The fourth-order valence-corrected chi connectivity index (χ4v) is 0.617. The second-order valence-corrected chi connectivity index (χ2v) is 2.68. The van der Waals surface area contributed by atoms with E-state index in [-0.39, 0.29) is 5.38 Å². The minimum absolute atomic E-state index is 0.119. The quantitative estimate of drug-likeness (QED) is 0.422. The molecule has 0 aliphatic heterocycles. The Balaban J connectivity index is 3.61. The minimum Gasteiger partial charge on any atom is -0.122 e. The molecule has 0 bridgehead atoms. The first kappa shape index (κ1) is 8.32. The highest BCUT2D eigenvalue weighted by Crippen LogP contribution is 2.06. The monoisotopic (exact) mass is 152 g/mol. The van der Waals surface area contributed by atoms with Crippen molar-refractivity contribution in [1.82, 2.24) is 0 Å². The molecule has 1 unspecified atom stereocenters. The molecule has 0 saturated heterocycles. The number of alkyl halides is 2. The summed E-state index contributed by atoms with van der Waals surface area (Å²) >= 11 is 11.1. The lowest BCUT2D eigenvalue weighted by molar-refractivity contribution is 1.10. The Morgan fingerprint density at radius 1 is 1.75 bits per heavy atom. The molecule has 0 spiro atoms. The first-order valence-corrected chi connectivity index (χ1v) is 3.52. The van der Waals surface area contributed by atoms with Gasteiger partial charge in [0, 0.05) is 5.88 Å². The minimum atomic E-state index is 0.119. The van der Waals surface area contributed by atoms with Gasteiger partial charge >= 0.3 is 0 Å². The van der Waals surface area contributed by atoms with Crippen molar-refractivity contribution >= 4 is 23.2 Å². The molecular weight excluding hydrogens is 143 g/mol. The molecule has 0 saturated carbocycles. The zero-order valence-electron chi connectivity index (χ0n) is 5.12. The molecule has 0 heterocycles. The average Bonchev–Trinajstić information content (AvgIpc) is 1.67. The van der Waals surface area contributed by atoms with Gasteiger partial charge in [0.2, 0.25) is 0 Å². The molecule has 0 aliphatic rings. The number of hydrogen-bond acceptors (Lipinski definition) is 0. The van der Waals surface area contributed by atoms with Crippen LogP contribution in [0, 0.1) is 0 Å². The van der Waals surface area contributed by atoms with E-state index in [1.54, 1.807) is 0 Å². The van der Waals surface area contributed by atoms with Crippen LogP contribution in [0.25, 0.3) is 0 Å². The highest BCUT2D eigenvalue weighted by molar-refractivity contribution is 6.22. The van der Waals surface area contributed by atoms with Gasteiger partial charge in [-0.3, -0.25) is 0 Å². The SMILES string of the molecule is C/C(=C/CCl)C(C)Cl. The average molecular weight is 153 g/mol. The first-order chi connectivity index (χ1) is 3.68. The molecule has 0 rings (SSSR count). The van der Waals surface area contributed by atoms with Gasteiger partial charge in [-0.25, -0.2) is 0 Å². The summed E-state index contributed by atoms with van der Waals surface area (Å²) in [5.74, 6) is 0.558. The van der Waals surface area contributed by atoms with Crippen molar-refractivity contribution in [2.75, 3.05) is 5.88 Å². The van der Waals surface area contributed by atoms with E-state index in [0.717, 1.165) is 5.57 Å². The Hall–Kier alpha value is 0.320. The summed E-state index contributed by atoms with van der Waals surface area (Å²) in [5, 5.41) is 0.119. The third-order valence-corrected chi connectivity index (χ3v) is 1.53. The van der Waals surface area contributed by atoms with Gasteiger partial charge < -0.3 is 0 Å². The maximum atomic E-state index is 5.68. The van der Waals surface area contributed by atoms with Crippen molar-refractivity contribution in [3.8, 4) is 0 Å². The molecular formula is C6H10Cl2. The summed E-state index contributed by atoms with van der Waals surface area (Å²) in [6.07, 6.45) is 1.92. The van der Waals surface area contributed by atoms with Crippen LogP contribution in [0.5, 0.6) is 0 Å². The van der Waals surface area contributed by atoms with Crippen LogP contribution in [0.1, 0.15) is 13.8 Å². The smallest absolute Gasteiger partial charge is 0.0514 e. The van der Waals surface area contributed by atoms with Gasteiger partial charge in [-0.2, -0.15) is 0 Å². The molecule has 0 nitrogen and oxygen atoms in total. The maximum Gasteiger partial charge on any atom is 0.0514 e. The first-order valence-electron chi connectivity index (χ1n) is 2.55. The maximum absolute atomic E-state index is 5.68. The van der Waals surface area contributed by atoms with Crippen LogP contribution >= 0.6 is 23.2 Å². The molecule has 0 amide bonds. The topological polar surface area (TPSA) is 0 Å². The lowest BCUT2D eigenvalue weighted by Gasteiger charge is -1.99. The van der Waals surface area contributed by atoms with Crippen LogP contribution in [-0.4, -0.2) is 11.3 Å². The van der Waals surface area contributed by atoms with Gasteiger partial charge in [-0.05, 0) is 13.8 Å². The third-order valence-electron chi connectivity index (χ3n) is 1.03.